The van der Waals surface area contributed by atoms with Crippen molar-refractivity contribution in [2.24, 2.45) is 0 Å². The molecule has 0 unspecified atom stereocenters. The maximum absolute atomic E-state index is 11.8. The van der Waals surface area contributed by atoms with Crippen molar-refractivity contribution in [3.63, 3.8) is 0 Å². The van der Waals surface area contributed by atoms with Gasteiger partial charge in [0.1, 0.15) is 0 Å². The molecule has 0 fully saturated rings. The minimum atomic E-state index is -1.46. The quantitative estimate of drug-likeness (QED) is 0.614. The van der Waals surface area contributed by atoms with Gasteiger partial charge in [0.25, 0.3) is 0 Å². The summed E-state index contributed by atoms with van der Waals surface area (Å²) in [5.41, 5.74) is -1.42. The molecule has 0 spiro atoms. The Morgan fingerprint density at radius 3 is 1.15 bits per heavy atom. The van der Waals surface area contributed by atoms with Crippen molar-refractivity contribution in [2.75, 3.05) is 0 Å². The molecular weight excluding hydrogens is 344 g/mol. The third-order valence-corrected chi connectivity index (χ3v) is 4.22. The fraction of sp³-hybridized carbons (Fsp3) is 0.222. The van der Waals surface area contributed by atoms with E-state index < -0.39 is 46.1 Å². The molecule has 0 saturated carbocycles. The molecule has 0 aliphatic heterocycles. The van der Waals surface area contributed by atoms with Gasteiger partial charge in [0.2, 0.25) is 0 Å². The summed E-state index contributed by atoms with van der Waals surface area (Å²) >= 11 is 0. The zero-order chi connectivity index (χ0) is 19.8. The lowest BCUT2D eigenvalue weighted by Crippen LogP contribution is -2.15. The van der Waals surface area contributed by atoms with Crippen LogP contribution in [0, 0.1) is 0 Å². The Labute approximate surface area is 147 Å². The highest BCUT2D eigenvalue weighted by atomic mass is 16.4. The van der Waals surface area contributed by atoms with E-state index in [9.17, 15) is 39.6 Å². The smallest absolute Gasteiger partial charge is 0.336 e. The zero-order valence-electron chi connectivity index (χ0n) is 14.0. The third-order valence-electron chi connectivity index (χ3n) is 4.22. The van der Waals surface area contributed by atoms with Crippen molar-refractivity contribution in [2.45, 2.75) is 26.7 Å². The van der Waals surface area contributed by atoms with Crippen LogP contribution in [-0.2, 0) is 12.8 Å². The Bertz CT molecular complexity index is 892. The van der Waals surface area contributed by atoms with Gasteiger partial charge >= 0.3 is 23.9 Å². The van der Waals surface area contributed by atoms with Crippen molar-refractivity contribution in [3.05, 3.63) is 45.5 Å². The van der Waals surface area contributed by atoms with Crippen LogP contribution < -0.4 is 0 Å². The van der Waals surface area contributed by atoms with Gasteiger partial charge in [0.15, 0.2) is 0 Å². The van der Waals surface area contributed by atoms with Gasteiger partial charge in [0, 0.05) is 10.8 Å². The summed E-state index contributed by atoms with van der Waals surface area (Å²) in [5, 5.41) is 37.5. The highest BCUT2D eigenvalue weighted by Gasteiger charge is 2.29. The van der Waals surface area contributed by atoms with Crippen LogP contribution in [0.2, 0.25) is 0 Å². The maximum atomic E-state index is 11.8. The topological polar surface area (TPSA) is 149 Å². The molecule has 0 aromatic heterocycles. The van der Waals surface area contributed by atoms with Crippen LogP contribution in [0.15, 0.2) is 12.1 Å². The number of hydrogen-bond donors (Lipinski definition) is 4. The first kappa shape index (κ1) is 18.9. The van der Waals surface area contributed by atoms with E-state index in [-0.39, 0.29) is 34.7 Å². The fourth-order valence-electron chi connectivity index (χ4n) is 3.13. The van der Waals surface area contributed by atoms with Crippen LogP contribution in [0.4, 0.5) is 0 Å². The normalized spacial score (nSPS) is 10.7. The molecular formula is C18H16O8. The van der Waals surface area contributed by atoms with Gasteiger partial charge in [-0.25, -0.2) is 19.2 Å². The van der Waals surface area contributed by atoms with Crippen LogP contribution in [0.3, 0.4) is 0 Å². The van der Waals surface area contributed by atoms with Crippen LogP contribution in [-0.4, -0.2) is 44.3 Å². The number of hydrogen-bond acceptors (Lipinski definition) is 4. The number of aromatic carboxylic acids is 4. The number of fused-ring (bicyclic) bond motifs is 1. The maximum Gasteiger partial charge on any atom is 0.336 e. The summed E-state index contributed by atoms with van der Waals surface area (Å²) in [6, 6.07) is 2.21. The van der Waals surface area contributed by atoms with Crippen LogP contribution in [0.5, 0.6) is 0 Å². The molecule has 8 nitrogen and oxygen atoms in total. The number of carboxylic acid groups (broad SMARTS) is 4. The summed E-state index contributed by atoms with van der Waals surface area (Å²) < 4.78 is 0. The first-order chi connectivity index (χ1) is 12.1. The van der Waals surface area contributed by atoms with Gasteiger partial charge in [-0.15, -0.1) is 0 Å². The van der Waals surface area contributed by atoms with Gasteiger partial charge in [-0.3, -0.25) is 0 Å². The zero-order valence-corrected chi connectivity index (χ0v) is 14.0. The van der Waals surface area contributed by atoms with Crippen molar-refractivity contribution in [1.29, 1.82) is 0 Å². The number of benzene rings is 2. The van der Waals surface area contributed by atoms with Crippen molar-refractivity contribution in [1.82, 2.24) is 0 Å². The van der Waals surface area contributed by atoms with E-state index >= 15 is 0 Å². The van der Waals surface area contributed by atoms with Crippen LogP contribution in [0.1, 0.15) is 66.4 Å². The molecule has 2 aromatic rings. The Morgan fingerprint density at radius 1 is 0.654 bits per heavy atom. The first-order valence-corrected chi connectivity index (χ1v) is 7.74. The van der Waals surface area contributed by atoms with Crippen molar-refractivity contribution in [3.8, 4) is 0 Å². The molecule has 0 heterocycles. The average molecular weight is 360 g/mol. The summed E-state index contributed by atoms with van der Waals surface area (Å²) in [5.74, 6) is -5.83. The lowest BCUT2D eigenvalue weighted by atomic mass is 9.85. The third kappa shape index (κ3) is 2.85. The second-order valence-corrected chi connectivity index (χ2v) is 5.59. The number of carboxylic acids is 4. The van der Waals surface area contributed by atoms with E-state index in [2.05, 4.69) is 0 Å². The summed E-state index contributed by atoms with van der Waals surface area (Å²) in [6.45, 7) is 3.19. The molecule has 0 aliphatic rings. The van der Waals surface area contributed by atoms with E-state index in [0.717, 1.165) is 12.1 Å². The molecule has 8 heteroatoms. The number of rotatable bonds is 6. The van der Waals surface area contributed by atoms with Gasteiger partial charge in [-0.05, 0) is 36.1 Å². The fourth-order valence-corrected chi connectivity index (χ4v) is 3.13. The number of carbonyl (C=O) groups is 4. The van der Waals surface area contributed by atoms with E-state index in [1.54, 1.807) is 13.8 Å². The number of aryl methyl sites for hydroxylation is 2. The molecule has 0 aliphatic carbocycles. The average Bonchev–Trinajstić information content (AvgIpc) is 2.57. The largest absolute Gasteiger partial charge is 0.478 e. The molecule has 136 valence electrons. The van der Waals surface area contributed by atoms with Crippen molar-refractivity contribution < 1.29 is 39.6 Å². The molecule has 2 aromatic carbocycles. The minimum Gasteiger partial charge on any atom is -0.478 e. The van der Waals surface area contributed by atoms with Crippen molar-refractivity contribution >= 4 is 34.6 Å². The van der Waals surface area contributed by atoms with Crippen LogP contribution in [0.25, 0.3) is 10.8 Å². The van der Waals surface area contributed by atoms with Crippen LogP contribution >= 0.6 is 0 Å². The second kappa shape index (κ2) is 6.83. The molecule has 0 radical (unpaired) electrons. The summed E-state index contributed by atoms with van der Waals surface area (Å²) in [6.07, 6.45) is 0.268. The van der Waals surface area contributed by atoms with Gasteiger partial charge in [0.05, 0.1) is 22.3 Å². The Morgan fingerprint density at radius 2 is 0.962 bits per heavy atom. The second-order valence-electron chi connectivity index (χ2n) is 5.59. The predicted octanol–water partition coefficient (Wildman–Crippen LogP) is 2.76. The Kier molecular flexibility index (Phi) is 4.97. The summed E-state index contributed by atoms with van der Waals surface area (Å²) in [4.78, 5) is 47.1. The monoisotopic (exact) mass is 360 g/mol. The highest BCUT2D eigenvalue weighted by Crippen LogP contribution is 2.35. The van der Waals surface area contributed by atoms with E-state index in [4.69, 9.17) is 0 Å². The lowest BCUT2D eigenvalue weighted by Gasteiger charge is -2.18. The lowest BCUT2D eigenvalue weighted by molar-refractivity contribution is 0.0674. The van der Waals surface area contributed by atoms with Gasteiger partial charge in [-0.2, -0.15) is 0 Å². The minimum absolute atomic E-state index is 0.116. The SMILES string of the molecule is CCc1cc(C(=O)O)c2c(C(=O)O)c(CC)cc(C(=O)O)c2c1C(=O)O. The molecule has 0 bridgehead atoms. The molecule has 0 saturated heterocycles. The molecule has 26 heavy (non-hydrogen) atoms. The molecule has 2 rings (SSSR count). The molecule has 4 N–H and O–H groups in total. The van der Waals surface area contributed by atoms with E-state index in [1.807, 2.05) is 0 Å². The van der Waals surface area contributed by atoms with E-state index in [0.29, 0.717) is 0 Å². The Balaban J connectivity index is 3.36. The Hall–Kier alpha value is -3.42. The standard InChI is InChI=1S/C18H16O8/c1-3-7-5-9(15(19)20)14-12(18(25)26)8(4-2)6-10(16(21)22)13(14)11(7)17(23)24/h5-6H,3-4H2,1-2H3,(H,19,20)(H,21,22)(H,23,24)(H,25,26). The first-order valence-electron chi connectivity index (χ1n) is 7.74. The predicted molar refractivity (Wildman–Crippen MR) is 90.5 cm³/mol. The summed E-state index contributed by atoms with van der Waals surface area (Å²) in [7, 11) is 0. The highest BCUT2D eigenvalue weighted by molar-refractivity contribution is 6.23. The van der Waals surface area contributed by atoms with Gasteiger partial charge in [-0.1, -0.05) is 13.8 Å². The molecule has 0 atom stereocenters. The van der Waals surface area contributed by atoms with E-state index in [1.165, 1.54) is 0 Å². The molecule has 0 amide bonds. The van der Waals surface area contributed by atoms with Gasteiger partial charge < -0.3 is 20.4 Å².